The van der Waals surface area contributed by atoms with E-state index < -0.39 is 20.4 Å². The lowest BCUT2D eigenvalue weighted by Gasteiger charge is -2.24. The van der Waals surface area contributed by atoms with Gasteiger partial charge < -0.3 is 14.3 Å². The molecule has 0 spiro atoms. The zero-order valence-corrected chi connectivity index (χ0v) is 13.0. The van der Waals surface area contributed by atoms with Crippen molar-refractivity contribution in [3.8, 4) is 0 Å². The number of esters is 1. The summed E-state index contributed by atoms with van der Waals surface area (Å²) < 4.78 is 10.6. The van der Waals surface area contributed by atoms with Gasteiger partial charge >= 0.3 is 5.97 Å². The summed E-state index contributed by atoms with van der Waals surface area (Å²) in [5.41, 5.74) is 0.334. The average molecular weight is 274 g/mol. The van der Waals surface area contributed by atoms with Crippen molar-refractivity contribution in [3.63, 3.8) is 0 Å². The van der Waals surface area contributed by atoms with Gasteiger partial charge in [-0.3, -0.25) is 0 Å². The molecule has 0 heterocycles. The third kappa shape index (κ3) is 8.44. The maximum atomic E-state index is 11.1. The highest BCUT2D eigenvalue weighted by Crippen LogP contribution is 2.15. The van der Waals surface area contributed by atoms with Gasteiger partial charge in [-0.25, -0.2) is 4.79 Å². The molecular weight excluding hydrogens is 248 g/mol. The Labute approximate surface area is 111 Å². The van der Waals surface area contributed by atoms with Crippen LogP contribution in [0.1, 0.15) is 26.7 Å². The van der Waals surface area contributed by atoms with Gasteiger partial charge in [-0.1, -0.05) is 26.3 Å². The normalized spacial score (nSPS) is 13.2. The first-order chi connectivity index (χ1) is 8.28. The van der Waals surface area contributed by atoms with E-state index in [0.29, 0.717) is 5.57 Å². The minimum Gasteiger partial charge on any atom is -0.460 e. The highest BCUT2D eigenvalue weighted by Gasteiger charge is 2.23. The standard InChI is InChI=1S/C13H26O4Si/c1-6-7-8-18(4,5)17-10-12(14)9-16-13(15)11(2)3/h12,14H,2,6-10H2,1,3-5H3. The van der Waals surface area contributed by atoms with Gasteiger partial charge in [0.15, 0.2) is 8.32 Å². The fourth-order valence-electron chi connectivity index (χ4n) is 1.34. The highest BCUT2D eigenvalue weighted by molar-refractivity contribution is 6.71. The predicted molar refractivity (Wildman–Crippen MR) is 74.9 cm³/mol. The molecule has 106 valence electrons. The fraction of sp³-hybridized carbons (Fsp3) is 0.769. The molecule has 0 aromatic carbocycles. The van der Waals surface area contributed by atoms with Gasteiger partial charge in [0.1, 0.15) is 12.7 Å². The van der Waals surface area contributed by atoms with Crippen LogP contribution in [0.4, 0.5) is 0 Å². The number of unbranched alkanes of at least 4 members (excludes halogenated alkanes) is 1. The van der Waals surface area contributed by atoms with Crippen molar-refractivity contribution in [2.24, 2.45) is 0 Å². The van der Waals surface area contributed by atoms with Gasteiger partial charge in [0.2, 0.25) is 0 Å². The summed E-state index contributed by atoms with van der Waals surface area (Å²) in [5.74, 6) is -0.475. The second-order valence-corrected chi connectivity index (χ2v) is 9.51. The molecular formula is C13H26O4Si. The quantitative estimate of drug-likeness (QED) is 0.399. The van der Waals surface area contributed by atoms with Gasteiger partial charge in [0.25, 0.3) is 0 Å². The summed E-state index contributed by atoms with van der Waals surface area (Å²) in [6, 6.07) is 1.09. The van der Waals surface area contributed by atoms with Crippen LogP contribution in [-0.4, -0.2) is 38.7 Å². The van der Waals surface area contributed by atoms with Crippen molar-refractivity contribution in [2.45, 2.75) is 51.9 Å². The Hall–Kier alpha value is -0.653. The number of carbonyl (C=O) groups is 1. The smallest absolute Gasteiger partial charge is 0.333 e. The lowest BCUT2D eigenvalue weighted by molar-refractivity contribution is -0.142. The van der Waals surface area contributed by atoms with Crippen molar-refractivity contribution in [2.75, 3.05) is 13.2 Å². The van der Waals surface area contributed by atoms with Crippen LogP contribution in [0.2, 0.25) is 19.1 Å². The van der Waals surface area contributed by atoms with Crippen molar-refractivity contribution in [1.29, 1.82) is 0 Å². The lowest BCUT2D eigenvalue weighted by Crippen LogP contribution is -2.35. The number of hydrogen-bond donors (Lipinski definition) is 1. The Bertz CT molecular complexity index is 276. The summed E-state index contributed by atoms with van der Waals surface area (Å²) in [6.07, 6.45) is 1.54. The second kappa shape index (κ2) is 8.45. The van der Waals surface area contributed by atoms with Crippen LogP contribution in [0.15, 0.2) is 12.2 Å². The van der Waals surface area contributed by atoms with E-state index >= 15 is 0 Å². The minimum atomic E-state index is -1.68. The molecule has 0 radical (unpaired) electrons. The molecule has 5 heteroatoms. The Morgan fingerprint density at radius 3 is 2.50 bits per heavy atom. The molecule has 0 aromatic rings. The molecule has 0 fully saturated rings. The molecule has 1 atom stereocenters. The summed E-state index contributed by atoms with van der Waals surface area (Å²) >= 11 is 0. The molecule has 0 saturated heterocycles. The number of aliphatic hydroxyl groups excluding tert-OH is 1. The Kier molecular flexibility index (Phi) is 8.14. The number of hydrogen-bond acceptors (Lipinski definition) is 4. The number of rotatable bonds is 9. The van der Waals surface area contributed by atoms with E-state index in [1.807, 2.05) is 0 Å². The second-order valence-electron chi connectivity index (χ2n) is 5.21. The maximum Gasteiger partial charge on any atom is 0.333 e. The summed E-state index contributed by atoms with van der Waals surface area (Å²) in [7, 11) is -1.68. The van der Waals surface area contributed by atoms with Gasteiger partial charge in [0, 0.05) is 5.57 Å². The van der Waals surface area contributed by atoms with Gasteiger partial charge in [-0.15, -0.1) is 0 Å². The predicted octanol–water partition coefficient (Wildman–Crippen LogP) is 2.49. The summed E-state index contributed by atoms with van der Waals surface area (Å²) in [6.45, 7) is 11.7. The van der Waals surface area contributed by atoms with E-state index in [9.17, 15) is 9.90 Å². The van der Waals surface area contributed by atoms with Crippen LogP contribution in [0.5, 0.6) is 0 Å². The van der Waals surface area contributed by atoms with Gasteiger partial charge in [-0.05, 0) is 26.1 Å². The molecule has 0 aliphatic rings. The van der Waals surface area contributed by atoms with Crippen LogP contribution in [0.3, 0.4) is 0 Å². The van der Waals surface area contributed by atoms with Crippen LogP contribution >= 0.6 is 0 Å². The Morgan fingerprint density at radius 1 is 1.39 bits per heavy atom. The molecule has 0 aliphatic heterocycles. The molecule has 18 heavy (non-hydrogen) atoms. The monoisotopic (exact) mass is 274 g/mol. The SMILES string of the molecule is C=C(C)C(=O)OCC(O)CO[Si](C)(C)CCCC. The zero-order chi connectivity index (χ0) is 14.2. The van der Waals surface area contributed by atoms with Crippen molar-refractivity contribution in [3.05, 3.63) is 12.2 Å². The van der Waals surface area contributed by atoms with E-state index in [4.69, 9.17) is 9.16 Å². The van der Waals surface area contributed by atoms with Crippen LogP contribution < -0.4 is 0 Å². The molecule has 0 rings (SSSR count). The highest BCUT2D eigenvalue weighted by atomic mass is 28.4. The molecule has 4 nitrogen and oxygen atoms in total. The number of ether oxygens (including phenoxy) is 1. The number of carbonyl (C=O) groups excluding carboxylic acids is 1. The minimum absolute atomic E-state index is 0.0377. The maximum absolute atomic E-state index is 11.1. The van der Waals surface area contributed by atoms with E-state index in [1.54, 1.807) is 6.92 Å². The van der Waals surface area contributed by atoms with E-state index in [-0.39, 0.29) is 13.2 Å². The van der Waals surface area contributed by atoms with Crippen LogP contribution in [0, 0.1) is 0 Å². The van der Waals surface area contributed by atoms with Gasteiger partial charge in [-0.2, -0.15) is 0 Å². The van der Waals surface area contributed by atoms with Gasteiger partial charge in [0.05, 0.1) is 6.61 Å². The molecule has 0 amide bonds. The molecule has 0 bridgehead atoms. The van der Waals surface area contributed by atoms with Crippen molar-refractivity contribution >= 4 is 14.3 Å². The first-order valence-corrected chi connectivity index (χ1v) is 9.54. The molecule has 0 saturated carbocycles. The molecule has 0 aliphatic carbocycles. The first kappa shape index (κ1) is 17.3. The topological polar surface area (TPSA) is 55.8 Å². The summed E-state index contributed by atoms with van der Waals surface area (Å²) in [5, 5.41) is 9.66. The van der Waals surface area contributed by atoms with Crippen LogP contribution in [-0.2, 0) is 14.0 Å². The van der Waals surface area contributed by atoms with E-state index in [1.165, 1.54) is 0 Å². The third-order valence-electron chi connectivity index (χ3n) is 2.55. The third-order valence-corrected chi connectivity index (χ3v) is 5.06. The first-order valence-electron chi connectivity index (χ1n) is 6.43. The molecule has 1 unspecified atom stereocenters. The van der Waals surface area contributed by atoms with Crippen molar-refractivity contribution < 1.29 is 19.1 Å². The fourth-order valence-corrected chi connectivity index (χ4v) is 3.33. The number of aliphatic hydroxyl groups is 1. The molecule has 0 aromatic heterocycles. The molecule has 1 N–H and O–H groups in total. The van der Waals surface area contributed by atoms with E-state index in [2.05, 4.69) is 26.6 Å². The Balaban J connectivity index is 3.85. The van der Waals surface area contributed by atoms with E-state index in [0.717, 1.165) is 18.9 Å². The summed E-state index contributed by atoms with van der Waals surface area (Å²) in [4.78, 5) is 11.1. The zero-order valence-electron chi connectivity index (χ0n) is 12.0. The van der Waals surface area contributed by atoms with Crippen molar-refractivity contribution in [1.82, 2.24) is 0 Å². The lowest BCUT2D eigenvalue weighted by atomic mass is 10.3. The average Bonchev–Trinajstić information content (AvgIpc) is 2.30. The Morgan fingerprint density at radius 2 is 2.00 bits per heavy atom. The van der Waals surface area contributed by atoms with Crippen LogP contribution in [0.25, 0.3) is 0 Å². The largest absolute Gasteiger partial charge is 0.460 e.